The minimum absolute atomic E-state index is 0.110. The molecule has 0 fully saturated rings. The summed E-state index contributed by atoms with van der Waals surface area (Å²) in [5, 5.41) is 0. The lowest BCUT2D eigenvalue weighted by atomic mass is 10.0. The lowest BCUT2D eigenvalue weighted by molar-refractivity contribution is 0.340. The van der Waals surface area contributed by atoms with Crippen LogP contribution in [0.4, 0.5) is 4.39 Å². The molecule has 1 aromatic carbocycles. The highest BCUT2D eigenvalue weighted by Gasteiger charge is 2.06. The van der Waals surface area contributed by atoms with Crippen molar-refractivity contribution in [3.8, 4) is 5.75 Å². The molecular weight excluding hydrogens is 215 g/mol. The Morgan fingerprint density at radius 1 is 1.53 bits per heavy atom. The average Bonchev–Trinajstić information content (AvgIpc) is 2.24. The molecule has 1 nitrogen and oxygen atoms in total. The molecule has 0 amide bonds. The second-order valence-corrected chi connectivity index (χ2v) is 3.66. The van der Waals surface area contributed by atoms with Crippen LogP contribution in [0.15, 0.2) is 30.9 Å². The maximum absolute atomic E-state index is 13.2. The number of rotatable bonds is 5. The topological polar surface area (TPSA) is 9.23 Å². The Morgan fingerprint density at radius 3 is 2.87 bits per heavy atom. The van der Waals surface area contributed by atoms with Crippen molar-refractivity contribution in [1.82, 2.24) is 0 Å². The van der Waals surface area contributed by atoms with E-state index in [1.165, 1.54) is 12.1 Å². The summed E-state index contributed by atoms with van der Waals surface area (Å²) in [7, 11) is 0. The van der Waals surface area contributed by atoms with Crippen LogP contribution in [0.3, 0.4) is 0 Å². The van der Waals surface area contributed by atoms with Gasteiger partial charge in [-0.15, -0.1) is 18.2 Å². The average molecular weight is 229 g/mol. The van der Waals surface area contributed by atoms with Crippen LogP contribution >= 0.6 is 11.6 Å². The van der Waals surface area contributed by atoms with Gasteiger partial charge in [0, 0.05) is 6.07 Å². The lowest BCUT2D eigenvalue weighted by Gasteiger charge is -2.10. The fourth-order valence-electron chi connectivity index (χ4n) is 1.22. The van der Waals surface area contributed by atoms with Gasteiger partial charge >= 0.3 is 0 Å². The van der Waals surface area contributed by atoms with Crippen molar-refractivity contribution < 1.29 is 9.13 Å². The second-order valence-electron chi connectivity index (χ2n) is 3.28. The summed E-state index contributed by atoms with van der Waals surface area (Å²) in [6, 6.07) is 4.65. The Labute approximate surface area is 94.5 Å². The lowest BCUT2D eigenvalue weighted by Crippen LogP contribution is -2.00. The summed E-state index contributed by atoms with van der Waals surface area (Å²) in [4.78, 5) is 0. The zero-order chi connectivity index (χ0) is 11.3. The number of alkyl halides is 1. The van der Waals surface area contributed by atoms with Crippen LogP contribution in [0.2, 0.25) is 0 Å². The van der Waals surface area contributed by atoms with Gasteiger partial charge in [0.05, 0.1) is 5.88 Å². The first kappa shape index (κ1) is 12.1. The third kappa shape index (κ3) is 3.56. The zero-order valence-electron chi connectivity index (χ0n) is 8.67. The van der Waals surface area contributed by atoms with E-state index in [1.807, 2.05) is 13.0 Å². The van der Waals surface area contributed by atoms with Gasteiger partial charge in [0.25, 0.3) is 0 Å². The van der Waals surface area contributed by atoms with Gasteiger partial charge in [-0.25, -0.2) is 4.39 Å². The van der Waals surface area contributed by atoms with Crippen LogP contribution < -0.4 is 4.74 Å². The van der Waals surface area contributed by atoms with E-state index in [-0.39, 0.29) is 11.7 Å². The molecule has 0 aromatic heterocycles. The highest BCUT2D eigenvalue weighted by atomic mass is 35.5. The van der Waals surface area contributed by atoms with E-state index in [0.717, 1.165) is 5.56 Å². The van der Waals surface area contributed by atoms with E-state index in [1.54, 1.807) is 6.08 Å². The number of allylic oxidation sites excluding steroid dienone is 1. The molecular formula is C12H14ClFO. The molecule has 3 heteroatoms. The fraction of sp³-hybridized carbons (Fsp3) is 0.333. The van der Waals surface area contributed by atoms with E-state index in [0.29, 0.717) is 18.2 Å². The molecule has 0 aliphatic heterocycles. The van der Waals surface area contributed by atoms with Gasteiger partial charge in [0.1, 0.15) is 18.2 Å². The van der Waals surface area contributed by atoms with Crippen molar-refractivity contribution in [1.29, 1.82) is 0 Å². The number of halogens is 2. The molecule has 15 heavy (non-hydrogen) atoms. The second kappa shape index (κ2) is 5.76. The van der Waals surface area contributed by atoms with Gasteiger partial charge < -0.3 is 4.74 Å². The van der Waals surface area contributed by atoms with Crippen molar-refractivity contribution in [3.63, 3.8) is 0 Å². The van der Waals surface area contributed by atoms with Crippen LogP contribution in [-0.4, -0.2) is 12.5 Å². The van der Waals surface area contributed by atoms with E-state index in [2.05, 4.69) is 6.58 Å². The summed E-state index contributed by atoms with van der Waals surface area (Å²) >= 11 is 5.49. The van der Waals surface area contributed by atoms with Crippen LogP contribution in [0.25, 0.3) is 0 Å². The number of hydrogen-bond acceptors (Lipinski definition) is 1. The van der Waals surface area contributed by atoms with Gasteiger partial charge in [-0.05, 0) is 23.6 Å². The van der Waals surface area contributed by atoms with Crippen molar-refractivity contribution in [2.24, 2.45) is 0 Å². The molecule has 1 aromatic rings. The molecule has 0 saturated heterocycles. The van der Waals surface area contributed by atoms with Crippen molar-refractivity contribution in [2.45, 2.75) is 12.8 Å². The Balaban J connectivity index is 2.89. The van der Waals surface area contributed by atoms with Crippen LogP contribution in [-0.2, 0) is 0 Å². The zero-order valence-corrected chi connectivity index (χ0v) is 9.43. The first-order valence-corrected chi connectivity index (χ1v) is 5.32. The van der Waals surface area contributed by atoms with E-state index >= 15 is 0 Å². The predicted octanol–water partition coefficient (Wildman–Crippen LogP) is 3.73. The third-order valence-corrected chi connectivity index (χ3v) is 2.27. The van der Waals surface area contributed by atoms with Crippen molar-refractivity contribution in [2.75, 3.05) is 12.5 Å². The number of ether oxygens (including phenoxy) is 1. The Morgan fingerprint density at radius 2 is 2.27 bits per heavy atom. The smallest absolute Gasteiger partial charge is 0.127 e. The highest BCUT2D eigenvalue weighted by Crippen LogP contribution is 2.23. The summed E-state index contributed by atoms with van der Waals surface area (Å²) in [6.07, 6.45) is 1.76. The molecule has 1 unspecified atom stereocenters. The normalized spacial score (nSPS) is 12.2. The van der Waals surface area contributed by atoms with Crippen LogP contribution in [0, 0.1) is 5.82 Å². The molecule has 0 aliphatic carbocycles. The summed E-state index contributed by atoms with van der Waals surface area (Å²) in [5.74, 6) is 0.715. The SMILES string of the molecule is C=CC(C)c1cc(F)cc(OCCCl)c1. The molecule has 1 atom stereocenters. The highest BCUT2D eigenvalue weighted by molar-refractivity contribution is 6.17. The molecule has 0 bridgehead atoms. The summed E-state index contributed by atoms with van der Waals surface area (Å²) in [6.45, 7) is 6.01. The maximum atomic E-state index is 13.2. The largest absolute Gasteiger partial charge is 0.492 e. The van der Waals surface area contributed by atoms with Crippen LogP contribution in [0.5, 0.6) is 5.75 Å². The van der Waals surface area contributed by atoms with Gasteiger partial charge in [-0.2, -0.15) is 0 Å². The first-order valence-electron chi connectivity index (χ1n) is 4.79. The quantitative estimate of drug-likeness (QED) is 0.551. The summed E-state index contributed by atoms with van der Waals surface area (Å²) in [5.41, 5.74) is 0.856. The number of hydrogen-bond donors (Lipinski definition) is 0. The van der Waals surface area contributed by atoms with E-state index in [9.17, 15) is 4.39 Å². The minimum atomic E-state index is -0.300. The molecule has 0 radical (unpaired) electrons. The van der Waals surface area contributed by atoms with E-state index < -0.39 is 0 Å². The van der Waals surface area contributed by atoms with E-state index in [4.69, 9.17) is 16.3 Å². The Kier molecular flexibility index (Phi) is 4.63. The molecule has 0 saturated carbocycles. The predicted molar refractivity (Wildman–Crippen MR) is 61.2 cm³/mol. The van der Waals surface area contributed by atoms with Crippen molar-refractivity contribution >= 4 is 11.6 Å². The van der Waals surface area contributed by atoms with Gasteiger partial charge in [0.15, 0.2) is 0 Å². The standard InChI is InChI=1S/C12H14ClFO/c1-3-9(2)10-6-11(14)8-12(7-10)15-5-4-13/h3,6-9H,1,4-5H2,2H3. The van der Waals surface area contributed by atoms with Gasteiger partial charge in [0.2, 0.25) is 0 Å². The molecule has 0 heterocycles. The Hall–Kier alpha value is -1.02. The first-order chi connectivity index (χ1) is 7.17. The van der Waals surface area contributed by atoms with Crippen molar-refractivity contribution in [3.05, 3.63) is 42.2 Å². The molecule has 1 rings (SSSR count). The van der Waals surface area contributed by atoms with Crippen LogP contribution in [0.1, 0.15) is 18.4 Å². The summed E-state index contributed by atoms with van der Waals surface area (Å²) < 4.78 is 18.5. The third-order valence-electron chi connectivity index (χ3n) is 2.12. The maximum Gasteiger partial charge on any atom is 0.127 e. The van der Waals surface area contributed by atoms with Gasteiger partial charge in [-0.3, -0.25) is 0 Å². The molecule has 82 valence electrons. The Bertz CT molecular complexity index is 338. The number of benzene rings is 1. The minimum Gasteiger partial charge on any atom is -0.492 e. The molecule has 0 aliphatic rings. The monoisotopic (exact) mass is 228 g/mol. The molecule has 0 spiro atoms. The van der Waals surface area contributed by atoms with Gasteiger partial charge in [-0.1, -0.05) is 13.0 Å². The molecule has 0 N–H and O–H groups in total. The fourth-order valence-corrected chi connectivity index (χ4v) is 1.30.